The molecule has 9 N–H and O–H groups in total. The van der Waals surface area contributed by atoms with Crippen molar-refractivity contribution in [2.24, 2.45) is 16.5 Å². The van der Waals surface area contributed by atoms with Crippen LogP contribution in [0.5, 0.6) is 0 Å². The third kappa shape index (κ3) is 3.61. The van der Waals surface area contributed by atoms with E-state index in [1.54, 1.807) is 30.3 Å². The second-order valence-electron chi connectivity index (χ2n) is 11.3. The summed E-state index contributed by atoms with van der Waals surface area (Å²) in [4.78, 5) is 51.2. The SMILES string of the molecule is NC1=N[C@@H](CN2C(=O)CN(c3ccccc3)C2=O)[C@@H]2[NH+]=C(N)N[C@]23N1C[C@H](NC(=O)c1cccc2c1CCC2)C3(O)O. The van der Waals surface area contributed by atoms with Crippen molar-refractivity contribution in [3.63, 3.8) is 0 Å². The summed E-state index contributed by atoms with van der Waals surface area (Å²) in [6.07, 6.45) is 2.63. The predicted octanol–water partition coefficient (Wildman–Crippen LogP) is -3.50. The van der Waals surface area contributed by atoms with E-state index in [0.29, 0.717) is 11.3 Å². The molecule has 0 aromatic heterocycles. The maximum Gasteiger partial charge on any atom is 0.343 e. The summed E-state index contributed by atoms with van der Waals surface area (Å²) >= 11 is 0. The van der Waals surface area contributed by atoms with Gasteiger partial charge in [-0.15, -0.1) is 0 Å². The first-order valence-corrected chi connectivity index (χ1v) is 13.9. The molecule has 14 heteroatoms. The van der Waals surface area contributed by atoms with Crippen molar-refractivity contribution >= 4 is 35.5 Å². The van der Waals surface area contributed by atoms with Crippen LogP contribution in [0.4, 0.5) is 10.5 Å². The highest BCUT2D eigenvalue weighted by atomic mass is 16.5. The number of para-hydroxylation sites is 1. The number of aliphatic hydroxyl groups is 2. The molecule has 218 valence electrons. The number of aryl methyl sites for hydroxylation is 1. The molecule has 2 saturated heterocycles. The Morgan fingerprint density at radius 1 is 1.12 bits per heavy atom. The minimum Gasteiger partial charge on any atom is -0.370 e. The Labute approximate surface area is 240 Å². The number of guanidine groups is 2. The van der Waals surface area contributed by atoms with E-state index in [-0.39, 0.29) is 31.6 Å². The number of amides is 4. The van der Waals surface area contributed by atoms with Gasteiger partial charge in [0.05, 0.1) is 13.1 Å². The summed E-state index contributed by atoms with van der Waals surface area (Å²) in [5, 5.41) is 29.3. The van der Waals surface area contributed by atoms with Crippen LogP contribution in [-0.4, -0.2) is 99.0 Å². The van der Waals surface area contributed by atoms with Crippen LogP contribution < -0.4 is 32.0 Å². The molecule has 0 unspecified atom stereocenters. The Morgan fingerprint density at radius 3 is 2.69 bits per heavy atom. The average Bonchev–Trinajstić information content (AvgIpc) is 3.71. The second-order valence-corrected chi connectivity index (χ2v) is 11.3. The van der Waals surface area contributed by atoms with Crippen LogP contribution in [0.15, 0.2) is 53.5 Å². The highest BCUT2D eigenvalue weighted by Gasteiger charge is 2.76. The van der Waals surface area contributed by atoms with Crippen molar-refractivity contribution in [1.29, 1.82) is 0 Å². The molecule has 5 aliphatic rings. The Morgan fingerprint density at radius 2 is 1.90 bits per heavy atom. The molecule has 4 amide bonds. The zero-order valence-electron chi connectivity index (χ0n) is 22.7. The van der Waals surface area contributed by atoms with E-state index < -0.39 is 47.4 Å². The quantitative estimate of drug-likeness (QED) is 0.140. The highest BCUT2D eigenvalue weighted by Crippen LogP contribution is 2.41. The lowest BCUT2D eigenvalue weighted by molar-refractivity contribution is -0.521. The molecule has 1 aliphatic carbocycles. The standard InChI is InChI=1S/C28H31N9O5/c29-24-33-22-19(12-36-21(38)14-35(26(36)40)16-8-2-1-3-9-16)31-25(30)37-13-20(28(41,42)27(22,37)34-24)32-23(39)18-11-5-7-15-6-4-10-17(15)18/h1-3,5,7-9,11,19-20,22,41-42H,4,6,10,12-14H2,(H2,30,31)(H,32,39)(H3,29,33,34)/p+1/t19-,20-,22-,27-/m0/s1. The van der Waals surface area contributed by atoms with Crippen LogP contribution in [-0.2, 0) is 17.6 Å². The first kappa shape index (κ1) is 26.2. The van der Waals surface area contributed by atoms with Gasteiger partial charge in [-0.2, -0.15) is 0 Å². The normalized spacial score (nSPS) is 29.1. The Balaban J connectivity index is 1.17. The number of hydrogen-bond acceptors (Lipinski definition) is 10. The maximum absolute atomic E-state index is 13.4. The van der Waals surface area contributed by atoms with Gasteiger partial charge < -0.3 is 21.3 Å². The zero-order chi connectivity index (χ0) is 29.4. The van der Waals surface area contributed by atoms with Crippen LogP contribution in [0.25, 0.3) is 0 Å². The molecule has 14 nitrogen and oxygen atoms in total. The lowest BCUT2D eigenvalue weighted by Crippen LogP contribution is -2.90. The number of rotatable bonds is 5. The number of nitrogens with zero attached hydrogens (tertiary/aromatic N) is 4. The fraction of sp³-hybridized carbons (Fsp3) is 0.393. The monoisotopic (exact) mass is 574 g/mol. The smallest absolute Gasteiger partial charge is 0.343 e. The molecule has 0 saturated carbocycles. The van der Waals surface area contributed by atoms with E-state index in [2.05, 4.69) is 20.6 Å². The number of nitrogens with two attached hydrogens (primary N) is 2. The fourth-order valence-electron chi connectivity index (χ4n) is 7.11. The summed E-state index contributed by atoms with van der Waals surface area (Å²) in [5.74, 6) is -3.48. The summed E-state index contributed by atoms with van der Waals surface area (Å²) in [6.45, 7) is -0.414. The van der Waals surface area contributed by atoms with Gasteiger partial charge in [-0.1, -0.05) is 30.3 Å². The number of benzene rings is 2. The number of hydrogen-bond donors (Lipinski definition) is 7. The Hall–Kier alpha value is -4.69. The molecular weight excluding hydrogens is 542 g/mol. The van der Waals surface area contributed by atoms with Crippen LogP contribution >= 0.6 is 0 Å². The number of anilines is 1. The van der Waals surface area contributed by atoms with Gasteiger partial charge in [0.2, 0.25) is 5.79 Å². The van der Waals surface area contributed by atoms with Gasteiger partial charge in [-0.25, -0.2) is 15.1 Å². The average molecular weight is 575 g/mol. The van der Waals surface area contributed by atoms with E-state index in [9.17, 15) is 24.6 Å². The summed E-state index contributed by atoms with van der Waals surface area (Å²) in [7, 11) is 0. The predicted molar refractivity (Wildman–Crippen MR) is 150 cm³/mol. The molecule has 2 aromatic rings. The minimum absolute atomic E-state index is 0.0326. The number of carbonyl (C=O) groups excluding carboxylic acids is 3. The number of fused-ring (bicyclic) bond motifs is 1. The molecule has 4 heterocycles. The third-order valence-electron chi connectivity index (χ3n) is 9.07. The molecule has 2 aromatic carbocycles. The van der Waals surface area contributed by atoms with E-state index in [1.807, 2.05) is 18.2 Å². The largest absolute Gasteiger partial charge is 0.370 e. The molecule has 42 heavy (non-hydrogen) atoms. The van der Waals surface area contributed by atoms with Gasteiger partial charge in [-0.3, -0.25) is 35.0 Å². The first-order chi connectivity index (χ1) is 20.1. The Kier molecular flexibility index (Phi) is 5.72. The molecule has 1 spiro atoms. The van der Waals surface area contributed by atoms with E-state index in [1.165, 1.54) is 9.80 Å². The van der Waals surface area contributed by atoms with Crippen LogP contribution in [0.1, 0.15) is 27.9 Å². The van der Waals surface area contributed by atoms with Gasteiger partial charge in [0, 0.05) is 11.3 Å². The number of imide groups is 1. The number of aliphatic imine (C=N–C) groups is 1. The van der Waals surface area contributed by atoms with Crippen molar-refractivity contribution in [2.75, 3.05) is 24.5 Å². The Bertz CT molecular complexity index is 1560. The first-order valence-electron chi connectivity index (χ1n) is 13.9. The highest BCUT2D eigenvalue weighted by molar-refractivity contribution is 6.12. The lowest BCUT2D eigenvalue weighted by atomic mass is 9.84. The molecule has 2 fully saturated rings. The molecule has 0 radical (unpaired) electrons. The van der Waals surface area contributed by atoms with Gasteiger partial charge >= 0.3 is 12.0 Å². The van der Waals surface area contributed by atoms with E-state index in [4.69, 9.17) is 11.5 Å². The topological polar surface area (TPSA) is 204 Å². The van der Waals surface area contributed by atoms with Crippen LogP contribution in [0.2, 0.25) is 0 Å². The number of urea groups is 1. The molecule has 0 bridgehead atoms. The molecular formula is C28H32N9O5+. The summed E-state index contributed by atoms with van der Waals surface area (Å²) in [6, 6.07) is 10.8. The van der Waals surface area contributed by atoms with Crippen molar-refractivity contribution in [3.05, 3.63) is 65.2 Å². The second kappa shape index (κ2) is 9.16. The van der Waals surface area contributed by atoms with Crippen molar-refractivity contribution in [1.82, 2.24) is 20.4 Å². The lowest BCUT2D eigenvalue weighted by Gasteiger charge is -2.46. The molecule has 4 aliphatic heterocycles. The van der Waals surface area contributed by atoms with Gasteiger partial charge in [0.1, 0.15) is 18.6 Å². The van der Waals surface area contributed by atoms with Gasteiger partial charge in [0.25, 0.3) is 17.5 Å². The number of carbonyl (C=O) groups is 3. The summed E-state index contributed by atoms with van der Waals surface area (Å²) < 4.78 is 0. The van der Waals surface area contributed by atoms with Crippen LogP contribution in [0, 0.1) is 0 Å². The van der Waals surface area contributed by atoms with Crippen molar-refractivity contribution < 1.29 is 29.6 Å². The van der Waals surface area contributed by atoms with Crippen molar-refractivity contribution in [3.8, 4) is 0 Å². The van der Waals surface area contributed by atoms with Gasteiger partial charge in [-0.05, 0) is 48.6 Å². The fourth-order valence-corrected chi connectivity index (χ4v) is 7.11. The van der Waals surface area contributed by atoms with E-state index >= 15 is 0 Å². The number of nitrogens with one attached hydrogen (secondary N) is 3. The zero-order valence-corrected chi connectivity index (χ0v) is 22.7. The molecule has 4 atom stereocenters. The minimum atomic E-state index is -2.60. The van der Waals surface area contributed by atoms with Crippen molar-refractivity contribution in [2.45, 2.75) is 48.8 Å². The van der Waals surface area contributed by atoms with E-state index in [0.717, 1.165) is 35.3 Å². The van der Waals surface area contributed by atoms with Crippen LogP contribution in [0.3, 0.4) is 0 Å². The van der Waals surface area contributed by atoms with Gasteiger partial charge in [0.15, 0.2) is 12.0 Å². The maximum atomic E-state index is 13.4. The third-order valence-corrected chi connectivity index (χ3v) is 9.07. The molecule has 7 rings (SSSR count). The summed E-state index contributed by atoms with van der Waals surface area (Å²) in [5.41, 5.74) is 13.9.